The monoisotopic (exact) mass is 459 g/mol. The molecule has 0 unspecified atom stereocenters. The summed E-state index contributed by atoms with van der Waals surface area (Å²) in [6.07, 6.45) is 4.74. The van der Waals surface area contributed by atoms with Crippen molar-refractivity contribution in [3.05, 3.63) is 156 Å². The highest BCUT2D eigenvalue weighted by Gasteiger charge is 2.38. The Bertz CT molecular complexity index is 1660. The molecule has 0 bridgehead atoms. The van der Waals surface area contributed by atoms with Crippen LogP contribution >= 0.6 is 0 Å². The molecule has 2 aliphatic heterocycles. The summed E-state index contributed by atoms with van der Waals surface area (Å²) < 4.78 is 4.93. The van der Waals surface area contributed by atoms with Crippen molar-refractivity contribution in [2.75, 3.05) is 0 Å². The Morgan fingerprint density at radius 2 is 1.06 bits per heavy atom. The summed E-state index contributed by atoms with van der Waals surface area (Å²) >= 11 is 0. The van der Waals surface area contributed by atoms with Crippen molar-refractivity contribution >= 4 is 24.9 Å². The summed E-state index contributed by atoms with van der Waals surface area (Å²) in [5, 5.41) is 0. The zero-order valence-electron chi connectivity index (χ0n) is 19.9. The summed E-state index contributed by atoms with van der Waals surface area (Å²) in [5.74, 6) is 0. The highest BCUT2D eigenvalue weighted by molar-refractivity contribution is 6.33. The van der Waals surface area contributed by atoms with Crippen LogP contribution in [-0.4, -0.2) is 22.2 Å². The average molecular weight is 459 g/mol. The van der Waals surface area contributed by atoms with Crippen molar-refractivity contribution in [3.63, 3.8) is 0 Å². The molecule has 0 amide bonds. The zero-order chi connectivity index (χ0) is 23.9. The first kappa shape index (κ1) is 20.7. The summed E-state index contributed by atoms with van der Waals surface area (Å²) in [6.45, 7) is 0. The van der Waals surface area contributed by atoms with Gasteiger partial charge in [0.2, 0.25) is 0 Å². The minimum atomic E-state index is 0.759. The van der Waals surface area contributed by atoms with Crippen molar-refractivity contribution in [2.45, 2.75) is 0 Å². The molecule has 0 spiro atoms. The first-order valence-corrected chi connectivity index (χ1v) is 12.4. The van der Waals surface area contributed by atoms with Gasteiger partial charge in [0.1, 0.15) is 0 Å². The van der Waals surface area contributed by atoms with Crippen LogP contribution in [0.5, 0.6) is 0 Å². The van der Waals surface area contributed by atoms with E-state index >= 15 is 0 Å². The lowest BCUT2D eigenvalue weighted by molar-refractivity contribution is -0.309. The lowest BCUT2D eigenvalue weighted by atomic mass is 9.95. The van der Waals surface area contributed by atoms with Gasteiger partial charge in [-0.1, -0.05) is 109 Å². The van der Waals surface area contributed by atoms with Crippen molar-refractivity contribution in [3.8, 4) is 22.4 Å². The number of rotatable bonds is 4. The van der Waals surface area contributed by atoms with Crippen LogP contribution in [0.15, 0.2) is 139 Å². The van der Waals surface area contributed by atoms with Gasteiger partial charge in [0.15, 0.2) is 11.4 Å². The summed E-state index contributed by atoms with van der Waals surface area (Å²) in [4.78, 5) is 0. The summed E-state index contributed by atoms with van der Waals surface area (Å²) in [7, 11) is 0.759. The first-order chi connectivity index (χ1) is 17.9. The second kappa shape index (κ2) is 8.55. The highest BCUT2D eigenvalue weighted by Crippen LogP contribution is 2.40. The van der Waals surface area contributed by atoms with Crippen LogP contribution in [0.4, 0.5) is 0 Å². The number of allylic oxidation sites excluding steroid dienone is 2. The molecule has 0 N–H and O–H groups in total. The molecule has 5 aromatic rings. The zero-order valence-corrected chi connectivity index (χ0v) is 19.9. The van der Waals surface area contributed by atoms with Crippen LogP contribution in [-0.2, 0) is 0 Å². The maximum atomic E-state index is 2.46. The molecule has 4 aromatic carbocycles. The fourth-order valence-corrected chi connectivity index (χ4v) is 5.41. The van der Waals surface area contributed by atoms with Crippen molar-refractivity contribution in [1.29, 1.82) is 0 Å². The molecule has 7 rings (SSSR count). The van der Waals surface area contributed by atoms with E-state index in [0.29, 0.717) is 0 Å². The fourth-order valence-electron chi connectivity index (χ4n) is 5.41. The molecule has 2 aliphatic rings. The van der Waals surface area contributed by atoms with Crippen LogP contribution in [0.2, 0.25) is 0 Å². The second-order valence-electron chi connectivity index (χ2n) is 9.26. The highest BCUT2D eigenvalue weighted by atomic mass is 15.1. The van der Waals surface area contributed by atoms with Gasteiger partial charge in [0.25, 0.3) is 0 Å². The quantitative estimate of drug-likeness (QED) is 0.259. The van der Waals surface area contributed by atoms with E-state index in [-0.39, 0.29) is 0 Å². The molecule has 0 atom stereocenters. The molecule has 0 aliphatic carbocycles. The molecule has 3 heteroatoms. The molecule has 168 valence electrons. The lowest BCUT2D eigenvalue weighted by Crippen LogP contribution is -2.30. The van der Waals surface area contributed by atoms with Gasteiger partial charge in [-0.05, 0) is 34.9 Å². The van der Waals surface area contributed by atoms with Crippen LogP contribution in [0.3, 0.4) is 0 Å². The molecule has 0 saturated carbocycles. The third kappa shape index (κ3) is 3.40. The molecular weight excluding hydrogens is 435 g/mol. The van der Waals surface area contributed by atoms with Crippen molar-refractivity contribution in [2.24, 2.45) is 0 Å². The van der Waals surface area contributed by atoms with E-state index in [4.69, 9.17) is 0 Å². The van der Waals surface area contributed by atoms with Crippen LogP contribution in [0, 0.1) is 0 Å². The molecule has 1 aromatic heterocycles. The van der Waals surface area contributed by atoms with Gasteiger partial charge in [-0.2, -0.15) is 0 Å². The number of fused-ring (bicyclic) bond motifs is 2. The number of benzene rings is 4. The Kier molecular flexibility index (Phi) is 4.92. The van der Waals surface area contributed by atoms with E-state index < -0.39 is 0 Å². The van der Waals surface area contributed by atoms with Gasteiger partial charge >= 0.3 is 7.55 Å². The van der Waals surface area contributed by atoms with Crippen LogP contribution in [0.25, 0.3) is 34.0 Å². The predicted molar refractivity (Wildman–Crippen MR) is 151 cm³/mol. The van der Waals surface area contributed by atoms with Gasteiger partial charge in [-0.3, -0.25) is 4.49 Å². The number of hydrogen-bond donors (Lipinski definition) is 0. The molecule has 0 fully saturated rings. The molecule has 0 saturated heterocycles. The Morgan fingerprint density at radius 3 is 1.67 bits per heavy atom. The van der Waals surface area contributed by atoms with Gasteiger partial charge in [0, 0.05) is 34.7 Å². The van der Waals surface area contributed by atoms with E-state index in [0.717, 1.165) is 7.55 Å². The van der Waals surface area contributed by atoms with Crippen molar-refractivity contribution < 1.29 is 4.49 Å². The SMILES string of the molecule is B1n2c(-c3ccccc3)cc(-c3ccccc3)c2C=C2C(c3ccccc3)=CC(c3ccccc3)=[N+]12. The first-order valence-electron chi connectivity index (χ1n) is 12.4. The Hall–Kier alpha value is -4.63. The summed E-state index contributed by atoms with van der Waals surface area (Å²) in [5.41, 5.74) is 12.5. The second-order valence-corrected chi connectivity index (χ2v) is 9.26. The fraction of sp³-hybridized carbons (Fsp3) is 0. The lowest BCUT2D eigenvalue weighted by Gasteiger charge is -2.17. The normalized spacial score (nSPS) is 14.0. The van der Waals surface area contributed by atoms with Gasteiger partial charge in [0.05, 0.1) is 5.57 Å². The molecule has 3 heterocycles. The molecular formula is C33H24BN2+. The van der Waals surface area contributed by atoms with E-state index in [9.17, 15) is 0 Å². The van der Waals surface area contributed by atoms with E-state index in [1.54, 1.807) is 0 Å². The van der Waals surface area contributed by atoms with E-state index in [1.165, 1.54) is 56.2 Å². The third-order valence-electron chi connectivity index (χ3n) is 7.14. The predicted octanol–water partition coefficient (Wildman–Crippen LogP) is 6.89. The van der Waals surface area contributed by atoms with Crippen LogP contribution < -0.4 is 0 Å². The third-order valence-corrected chi connectivity index (χ3v) is 7.14. The number of nitrogens with zero attached hydrogens (tertiary/aromatic N) is 2. The van der Waals surface area contributed by atoms with Gasteiger partial charge < -0.3 is 4.48 Å². The minimum Gasteiger partial charge on any atom is -0.322 e. The largest absolute Gasteiger partial charge is 0.605 e. The van der Waals surface area contributed by atoms with Crippen LogP contribution in [0.1, 0.15) is 16.8 Å². The Labute approximate surface area is 212 Å². The van der Waals surface area contributed by atoms with Gasteiger partial charge in [-0.15, -0.1) is 0 Å². The van der Waals surface area contributed by atoms with E-state index in [2.05, 4.69) is 149 Å². The van der Waals surface area contributed by atoms with Crippen molar-refractivity contribution in [1.82, 2.24) is 4.48 Å². The number of aromatic nitrogens is 1. The standard InChI is InChI=1S/C33H24BN2/c1-5-13-24(14-6-1)28-21-30(26-17-9-3-10-18-26)35-32(28)23-33-29(25-15-7-2-8-16-25)22-31(36(33)34-35)27-19-11-4-12-20-27/h1-23,34H/q+1. The van der Waals surface area contributed by atoms with Gasteiger partial charge in [-0.25, -0.2) is 0 Å². The molecule has 0 radical (unpaired) electrons. The minimum absolute atomic E-state index is 0.759. The average Bonchev–Trinajstić information content (AvgIpc) is 3.52. The topological polar surface area (TPSA) is 7.94 Å². The molecule has 36 heavy (non-hydrogen) atoms. The summed E-state index contributed by atoms with van der Waals surface area (Å²) in [6, 6.07) is 45.3. The Morgan fingerprint density at radius 1 is 0.528 bits per heavy atom. The molecule has 2 nitrogen and oxygen atoms in total. The smallest absolute Gasteiger partial charge is 0.322 e. The number of hydrogen-bond acceptors (Lipinski definition) is 0. The Balaban J connectivity index is 1.49. The maximum Gasteiger partial charge on any atom is 0.605 e. The maximum absolute atomic E-state index is 2.46. The van der Waals surface area contributed by atoms with E-state index in [1.807, 2.05) is 0 Å².